The molecular weight excluding hydrogens is 289 g/mol. The van der Waals surface area contributed by atoms with Crippen LogP contribution < -0.4 is 0 Å². The normalized spacial score (nSPS) is 32.7. The van der Waals surface area contributed by atoms with Crippen molar-refractivity contribution < 1.29 is 13.6 Å². The Bertz CT molecular complexity index is 231. The third kappa shape index (κ3) is 3.22. The number of hydrogen-bond acceptors (Lipinski definition) is 4. The van der Waals surface area contributed by atoms with Gasteiger partial charge in [-0.1, -0.05) is 13.3 Å². The van der Waals surface area contributed by atoms with E-state index in [1.165, 1.54) is 10.4 Å². The molecule has 1 saturated heterocycles. The van der Waals surface area contributed by atoms with Crippen LogP contribution in [0.3, 0.4) is 0 Å². The fourth-order valence-corrected chi connectivity index (χ4v) is 5.31. The molecule has 0 aliphatic carbocycles. The molecule has 7 heteroatoms. The van der Waals surface area contributed by atoms with E-state index in [9.17, 15) is 4.57 Å². The standard InChI is InChI=1S/C7H15BrNO3PS/c1-3-4-5-9(14-8)13(10)11-6-7(2)12-13/h7H,3-6H2,1-2H3. The molecule has 1 aliphatic rings. The molecule has 2 unspecified atom stereocenters. The Labute approximate surface area is 96.6 Å². The maximum absolute atomic E-state index is 12.1. The van der Waals surface area contributed by atoms with Crippen molar-refractivity contribution in [3.05, 3.63) is 0 Å². The average Bonchev–Trinajstić information content (AvgIpc) is 2.48. The van der Waals surface area contributed by atoms with E-state index in [0.29, 0.717) is 13.2 Å². The number of halogens is 1. The van der Waals surface area contributed by atoms with Gasteiger partial charge in [0.2, 0.25) is 0 Å². The highest BCUT2D eigenvalue weighted by Crippen LogP contribution is 2.60. The molecule has 0 saturated carbocycles. The summed E-state index contributed by atoms with van der Waals surface area (Å²) in [6.45, 7) is 5.06. The maximum Gasteiger partial charge on any atom is 0.418 e. The van der Waals surface area contributed by atoms with Gasteiger partial charge in [0.15, 0.2) is 0 Å². The first-order valence-electron chi connectivity index (χ1n) is 4.62. The van der Waals surface area contributed by atoms with Crippen LogP contribution in [0.5, 0.6) is 0 Å². The highest BCUT2D eigenvalue weighted by molar-refractivity contribution is 9.49. The molecule has 0 aromatic rings. The lowest BCUT2D eigenvalue weighted by molar-refractivity contribution is 0.249. The number of hydrogen-bond donors (Lipinski definition) is 0. The van der Waals surface area contributed by atoms with E-state index >= 15 is 0 Å². The molecule has 2 atom stereocenters. The van der Waals surface area contributed by atoms with Crippen molar-refractivity contribution in [3.8, 4) is 0 Å². The van der Waals surface area contributed by atoms with Gasteiger partial charge in [0.25, 0.3) is 0 Å². The molecule has 0 spiro atoms. The largest absolute Gasteiger partial charge is 0.418 e. The molecule has 0 aromatic heterocycles. The topological polar surface area (TPSA) is 38.8 Å². The quantitative estimate of drug-likeness (QED) is 0.573. The van der Waals surface area contributed by atoms with Crippen LogP contribution in [0.15, 0.2) is 0 Å². The second-order valence-corrected chi connectivity index (χ2v) is 6.79. The van der Waals surface area contributed by atoms with Gasteiger partial charge in [-0.25, -0.2) is 4.57 Å². The summed E-state index contributed by atoms with van der Waals surface area (Å²) in [5, 5.41) is 0. The second-order valence-electron chi connectivity index (χ2n) is 3.18. The van der Waals surface area contributed by atoms with Crippen molar-refractivity contribution in [2.45, 2.75) is 32.8 Å². The van der Waals surface area contributed by atoms with Gasteiger partial charge >= 0.3 is 7.75 Å². The lowest BCUT2D eigenvalue weighted by Gasteiger charge is -2.22. The molecule has 0 N–H and O–H groups in total. The first-order valence-corrected chi connectivity index (χ1v) is 8.73. The zero-order chi connectivity index (χ0) is 10.6. The zero-order valence-corrected chi connectivity index (χ0v) is 11.6. The fourth-order valence-electron chi connectivity index (χ4n) is 1.09. The molecular formula is C7H15BrNO3PS. The van der Waals surface area contributed by atoms with Gasteiger partial charge in [0.05, 0.1) is 12.7 Å². The van der Waals surface area contributed by atoms with Gasteiger partial charge in [0.1, 0.15) is 0 Å². The van der Waals surface area contributed by atoms with Crippen LogP contribution in [0.2, 0.25) is 0 Å². The van der Waals surface area contributed by atoms with Crippen LogP contribution in [-0.4, -0.2) is 23.3 Å². The van der Waals surface area contributed by atoms with Crippen LogP contribution in [0.4, 0.5) is 0 Å². The minimum Gasteiger partial charge on any atom is -0.293 e. The lowest BCUT2D eigenvalue weighted by atomic mass is 10.3. The van der Waals surface area contributed by atoms with Gasteiger partial charge in [-0.15, -0.1) is 4.08 Å². The Kier molecular flexibility index (Phi) is 5.45. The molecule has 1 rings (SSSR count). The van der Waals surface area contributed by atoms with Crippen molar-refractivity contribution in [1.29, 1.82) is 0 Å². The van der Waals surface area contributed by atoms with Crippen LogP contribution in [0.1, 0.15) is 26.7 Å². The number of unbranched alkanes of at least 4 members (excludes halogenated alkanes) is 1. The highest BCUT2D eigenvalue weighted by Gasteiger charge is 2.41. The first kappa shape index (κ1) is 13.0. The first-order chi connectivity index (χ1) is 6.62. The molecule has 0 radical (unpaired) electrons. The van der Waals surface area contributed by atoms with Gasteiger partial charge in [0, 0.05) is 31.7 Å². The summed E-state index contributed by atoms with van der Waals surface area (Å²) in [7, 11) is -1.78. The third-order valence-corrected chi connectivity index (χ3v) is 6.60. The van der Waals surface area contributed by atoms with Crippen molar-refractivity contribution in [3.63, 3.8) is 0 Å². The SMILES string of the molecule is CCCCN(SBr)P1(=O)OCC(C)O1. The van der Waals surface area contributed by atoms with Crippen molar-refractivity contribution in [2.75, 3.05) is 13.2 Å². The van der Waals surface area contributed by atoms with Gasteiger partial charge < -0.3 is 0 Å². The molecule has 0 aromatic carbocycles. The molecule has 0 bridgehead atoms. The van der Waals surface area contributed by atoms with Crippen LogP contribution in [0, 0.1) is 0 Å². The van der Waals surface area contributed by atoms with E-state index in [-0.39, 0.29) is 6.10 Å². The van der Waals surface area contributed by atoms with E-state index in [1.807, 2.05) is 6.92 Å². The minimum absolute atomic E-state index is 0.0791. The number of rotatable bonds is 5. The molecule has 0 amide bonds. The predicted molar refractivity (Wildman–Crippen MR) is 62.2 cm³/mol. The Morgan fingerprint density at radius 1 is 1.71 bits per heavy atom. The molecule has 84 valence electrons. The lowest BCUT2D eigenvalue weighted by Crippen LogP contribution is -2.13. The van der Waals surface area contributed by atoms with Crippen molar-refractivity contribution >= 4 is 32.9 Å². The molecule has 14 heavy (non-hydrogen) atoms. The number of nitrogens with zero attached hydrogens (tertiary/aromatic N) is 1. The van der Waals surface area contributed by atoms with E-state index in [1.54, 1.807) is 4.08 Å². The van der Waals surface area contributed by atoms with Crippen molar-refractivity contribution in [1.82, 2.24) is 4.08 Å². The smallest absolute Gasteiger partial charge is 0.293 e. The summed E-state index contributed by atoms with van der Waals surface area (Å²) in [6.07, 6.45) is 1.95. The van der Waals surface area contributed by atoms with Crippen molar-refractivity contribution in [2.24, 2.45) is 0 Å². The Morgan fingerprint density at radius 2 is 2.43 bits per heavy atom. The van der Waals surface area contributed by atoms with E-state index < -0.39 is 7.75 Å². The third-order valence-electron chi connectivity index (χ3n) is 1.84. The summed E-state index contributed by atoms with van der Waals surface area (Å²) in [6, 6.07) is 0. The molecule has 1 aliphatic heterocycles. The van der Waals surface area contributed by atoms with E-state index in [0.717, 1.165) is 12.8 Å². The van der Waals surface area contributed by atoms with Gasteiger partial charge in [-0.3, -0.25) is 9.05 Å². The highest BCUT2D eigenvalue weighted by atomic mass is 79.9. The Balaban J connectivity index is 2.54. The molecule has 1 fully saturated rings. The zero-order valence-electron chi connectivity index (χ0n) is 8.31. The minimum atomic E-state index is -3.02. The predicted octanol–water partition coefficient (Wildman–Crippen LogP) is 3.59. The summed E-state index contributed by atoms with van der Waals surface area (Å²) in [5.74, 6) is 0. The van der Waals surface area contributed by atoms with E-state index in [2.05, 4.69) is 21.7 Å². The van der Waals surface area contributed by atoms with Gasteiger partial charge in [-0.2, -0.15) is 0 Å². The Morgan fingerprint density at radius 3 is 2.86 bits per heavy atom. The summed E-state index contributed by atoms with van der Waals surface area (Å²) < 4.78 is 24.3. The summed E-state index contributed by atoms with van der Waals surface area (Å²) in [5.41, 5.74) is 0. The average molecular weight is 304 g/mol. The fraction of sp³-hybridized carbons (Fsp3) is 1.00. The maximum atomic E-state index is 12.1. The van der Waals surface area contributed by atoms with Gasteiger partial charge in [-0.05, 0) is 13.3 Å². The second kappa shape index (κ2) is 5.87. The summed E-state index contributed by atoms with van der Waals surface area (Å²) >= 11 is 3.22. The van der Waals surface area contributed by atoms with E-state index in [4.69, 9.17) is 9.05 Å². The van der Waals surface area contributed by atoms with Crippen LogP contribution >= 0.6 is 32.9 Å². The Hall–Kier alpha value is 0.940. The van der Waals surface area contributed by atoms with Crippen LogP contribution in [0.25, 0.3) is 0 Å². The molecule has 1 heterocycles. The van der Waals surface area contributed by atoms with Crippen LogP contribution in [-0.2, 0) is 13.6 Å². The summed E-state index contributed by atoms with van der Waals surface area (Å²) in [4.78, 5) is 0. The molecule has 4 nitrogen and oxygen atoms in total. The monoisotopic (exact) mass is 303 g/mol.